The van der Waals surface area contributed by atoms with Gasteiger partial charge in [-0.05, 0) is 70.8 Å². The maximum Gasteiger partial charge on any atom is 0.143 e. The molecule has 0 radical (unpaired) electrons. The minimum atomic E-state index is 0.640. The highest BCUT2D eigenvalue weighted by Crippen LogP contribution is 2.41. The van der Waals surface area contributed by atoms with Crippen LogP contribution in [0.25, 0.3) is 77.7 Å². The Morgan fingerprint density at radius 1 is 0.535 bits per heavy atom. The van der Waals surface area contributed by atoms with E-state index in [-0.39, 0.29) is 0 Å². The Morgan fingerprint density at radius 3 is 1.84 bits per heavy atom. The summed E-state index contributed by atoms with van der Waals surface area (Å²) in [6, 6.07) is 42.7. The number of nitrogens with zero attached hydrogens (tertiary/aromatic N) is 4. The Morgan fingerprint density at radius 2 is 1.19 bits per heavy atom. The predicted octanol–water partition coefficient (Wildman–Crippen LogP) is 9.46. The Balaban J connectivity index is 1.27. The molecule has 0 spiro atoms. The van der Waals surface area contributed by atoms with E-state index in [2.05, 4.69) is 58.5 Å². The van der Waals surface area contributed by atoms with Crippen molar-refractivity contribution in [1.82, 2.24) is 15.0 Å². The first-order valence-corrected chi connectivity index (χ1v) is 14.0. The van der Waals surface area contributed by atoms with E-state index >= 15 is 0 Å². The second kappa shape index (κ2) is 10.1. The van der Waals surface area contributed by atoms with Crippen molar-refractivity contribution in [3.05, 3.63) is 139 Å². The van der Waals surface area contributed by atoms with Crippen LogP contribution in [0.2, 0.25) is 0 Å². The van der Waals surface area contributed by atoms with Crippen LogP contribution in [-0.2, 0) is 0 Å². The van der Waals surface area contributed by atoms with Gasteiger partial charge in [0, 0.05) is 33.9 Å². The second-order valence-corrected chi connectivity index (χ2v) is 10.4. The fourth-order valence-corrected chi connectivity index (χ4v) is 5.81. The summed E-state index contributed by atoms with van der Waals surface area (Å²) < 4.78 is 6.40. The smallest absolute Gasteiger partial charge is 0.143 e. The zero-order chi connectivity index (χ0) is 28.8. The van der Waals surface area contributed by atoms with Crippen molar-refractivity contribution in [2.24, 2.45) is 0 Å². The van der Waals surface area contributed by atoms with E-state index in [1.807, 2.05) is 78.9 Å². The topological polar surface area (TPSA) is 75.6 Å². The maximum absolute atomic E-state index is 9.92. The van der Waals surface area contributed by atoms with Crippen molar-refractivity contribution in [3.63, 3.8) is 0 Å². The fourth-order valence-electron chi connectivity index (χ4n) is 5.81. The molecule has 0 aliphatic carbocycles. The molecule has 0 N–H and O–H groups in total. The zero-order valence-corrected chi connectivity index (χ0v) is 22.9. The van der Waals surface area contributed by atoms with Gasteiger partial charge in [-0.1, -0.05) is 72.8 Å². The lowest BCUT2D eigenvalue weighted by Crippen LogP contribution is -1.94. The monoisotopic (exact) mass is 550 g/mol. The van der Waals surface area contributed by atoms with Gasteiger partial charge in [0.15, 0.2) is 0 Å². The number of furan rings is 1. The first-order valence-electron chi connectivity index (χ1n) is 14.0. The minimum absolute atomic E-state index is 0.640. The van der Waals surface area contributed by atoms with Crippen molar-refractivity contribution >= 4 is 32.7 Å². The zero-order valence-electron chi connectivity index (χ0n) is 22.9. The third-order valence-corrected chi connectivity index (χ3v) is 7.83. The van der Waals surface area contributed by atoms with Crippen molar-refractivity contribution in [2.75, 3.05) is 0 Å². The summed E-state index contributed by atoms with van der Waals surface area (Å²) >= 11 is 0. The largest absolute Gasteiger partial charge is 0.455 e. The molecule has 8 aromatic rings. The molecule has 0 aliphatic rings. The van der Waals surface area contributed by atoms with Crippen LogP contribution in [0.5, 0.6) is 0 Å². The van der Waals surface area contributed by atoms with Gasteiger partial charge in [0.2, 0.25) is 0 Å². The van der Waals surface area contributed by atoms with Crippen LogP contribution in [0.4, 0.5) is 0 Å². The molecule has 0 unspecified atom stereocenters. The lowest BCUT2D eigenvalue weighted by atomic mass is 9.95. The highest BCUT2D eigenvalue weighted by Gasteiger charge is 2.17. The molecule has 0 atom stereocenters. The number of fused-ring (bicyclic) bond motifs is 5. The molecule has 0 aliphatic heterocycles. The van der Waals surface area contributed by atoms with Crippen LogP contribution >= 0.6 is 0 Å². The van der Waals surface area contributed by atoms with Crippen LogP contribution in [0.3, 0.4) is 0 Å². The summed E-state index contributed by atoms with van der Waals surface area (Å²) in [5.41, 5.74) is 9.63. The van der Waals surface area contributed by atoms with Gasteiger partial charge in [-0.3, -0.25) is 9.97 Å². The molecular formula is C38H22N4O. The second-order valence-electron chi connectivity index (χ2n) is 10.4. The SMILES string of the molecule is N#Cc1cc2c(oc3cccc(-c4ccc(-c5cc(-c6ccccn6)nc(-c6ccccn6)c5)cc4)c32)c2ccccc12. The van der Waals surface area contributed by atoms with E-state index in [0.29, 0.717) is 5.56 Å². The van der Waals surface area contributed by atoms with Crippen LogP contribution in [0, 0.1) is 11.3 Å². The quantitative estimate of drug-likeness (QED) is 0.218. The molecule has 0 bridgehead atoms. The highest BCUT2D eigenvalue weighted by molar-refractivity contribution is 6.20. The Labute approximate surface area is 247 Å². The molecule has 5 nitrogen and oxygen atoms in total. The molecule has 0 saturated carbocycles. The minimum Gasteiger partial charge on any atom is -0.455 e. The average Bonchev–Trinajstić information content (AvgIpc) is 3.48. The summed E-state index contributed by atoms with van der Waals surface area (Å²) in [5, 5.41) is 13.7. The van der Waals surface area contributed by atoms with Gasteiger partial charge in [0.25, 0.3) is 0 Å². The number of aromatic nitrogens is 3. The van der Waals surface area contributed by atoms with E-state index in [1.54, 1.807) is 12.4 Å². The molecule has 4 aromatic carbocycles. The van der Waals surface area contributed by atoms with Gasteiger partial charge in [-0.25, -0.2) is 4.98 Å². The summed E-state index contributed by atoms with van der Waals surface area (Å²) in [7, 11) is 0. The number of pyridine rings is 3. The van der Waals surface area contributed by atoms with Crippen molar-refractivity contribution in [3.8, 4) is 51.1 Å². The van der Waals surface area contributed by atoms with Crippen molar-refractivity contribution in [1.29, 1.82) is 5.26 Å². The molecule has 43 heavy (non-hydrogen) atoms. The van der Waals surface area contributed by atoms with Gasteiger partial charge in [0.05, 0.1) is 34.4 Å². The number of nitriles is 1. The molecule has 5 heteroatoms. The molecule has 4 heterocycles. The van der Waals surface area contributed by atoms with E-state index < -0.39 is 0 Å². The normalized spacial score (nSPS) is 11.2. The van der Waals surface area contributed by atoms with Gasteiger partial charge >= 0.3 is 0 Å². The maximum atomic E-state index is 9.92. The van der Waals surface area contributed by atoms with Gasteiger partial charge < -0.3 is 4.42 Å². The van der Waals surface area contributed by atoms with E-state index in [0.717, 1.165) is 77.7 Å². The van der Waals surface area contributed by atoms with Crippen LogP contribution < -0.4 is 0 Å². The molecular weight excluding hydrogens is 528 g/mol. The molecule has 4 aromatic heterocycles. The number of benzene rings is 4. The summed E-state index contributed by atoms with van der Waals surface area (Å²) in [6.07, 6.45) is 3.56. The van der Waals surface area contributed by atoms with E-state index in [1.165, 1.54) is 0 Å². The number of hydrogen-bond donors (Lipinski definition) is 0. The van der Waals surface area contributed by atoms with Crippen LogP contribution in [-0.4, -0.2) is 15.0 Å². The Bertz CT molecular complexity index is 2280. The first kappa shape index (κ1) is 24.7. The predicted molar refractivity (Wildman–Crippen MR) is 171 cm³/mol. The summed E-state index contributed by atoms with van der Waals surface area (Å²) in [4.78, 5) is 14.0. The number of rotatable bonds is 4. The summed E-state index contributed by atoms with van der Waals surface area (Å²) in [6.45, 7) is 0. The van der Waals surface area contributed by atoms with E-state index in [4.69, 9.17) is 9.40 Å². The molecule has 8 rings (SSSR count). The molecule has 0 amide bonds. The number of hydrogen-bond acceptors (Lipinski definition) is 5. The average molecular weight is 551 g/mol. The molecule has 0 fully saturated rings. The highest BCUT2D eigenvalue weighted by atomic mass is 16.3. The van der Waals surface area contributed by atoms with Crippen LogP contribution in [0.15, 0.2) is 138 Å². The third-order valence-electron chi connectivity index (χ3n) is 7.83. The van der Waals surface area contributed by atoms with Gasteiger partial charge in [-0.15, -0.1) is 0 Å². The Hall–Kier alpha value is -6.12. The van der Waals surface area contributed by atoms with Crippen LogP contribution in [0.1, 0.15) is 5.56 Å². The van der Waals surface area contributed by atoms with Gasteiger partial charge in [-0.2, -0.15) is 5.26 Å². The van der Waals surface area contributed by atoms with E-state index in [9.17, 15) is 5.26 Å². The summed E-state index contributed by atoms with van der Waals surface area (Å²) in [5.74, 6) is 0. The lowest BCUT2D eigenvalue weighted by Gasteiger charge is -2.10. The lowest BCUT2D eigenvalue weighted by molar-refractivity contribution is 0.673. The Kier molecular flexibility index (Phi) is 5.77. The molecule has 0 saturated heterocycles. The van der Waals surface area contributed by atoms with Crippen molar-refractivity contribution < 1.29 is 4.42 Å². The fraction of sp³-hybridized carbons (Fsp3) is 0. The molecule has 200 valence electrons. The standard InChI is InChI=1S/C38H22N4O/c39-23-27-20-31-37-29(10-7-13-36(37)43-38(31)30-9-2-1-8-28(27)30)25-16-14-24(15-17-25)26-21-34(32-11-3-5-18-40-32)42-35(22-26)33-12-4-6-19-41-33/h1-22H. The van der Waals surface area contributed by atoms with Crippen molar-refractivity contribution in [2.45, 2.75) is 0 Å². The first-order chi connectivity index (χ1) is 21.3. The third kappa shape index (κ3) is 4.21. The van der Waals surface area contributed by atoms with Gasteiger partial charge in [0.1, 0.15) is 11.2 Å².